The number of aliphatic hydroxyl groups is 1. The predicted molar refractivity (Wildman–Crippen MR) is 149 cm³/mol. The minimum Gasteiger partial charge on any atom is -0.493 e. The molecule has 41 heavy (non-hydrogen) atoms. The van der Waals surface area contributed by atoms with Gasteiger partial charge in [0.2, 0.25) is 5.91 Å². The third kappa shape index (κ3) is 9.75. The fourth-order valence-electron chi connectivity index (χ4n) is 4.20. The van der Waals surface area contributed by atoms with E-state index in [2.05, 4.69) is 10.3 Å². The quantitative estimate of drug-likeness (QED) is 0.290. The summed E-state index contributed by atoms with van der Waals surface area (Å²) < 4.78 is 11.0. The van der Waals surface area contributed by atoms with E-state index in [-0.39, 0.29) is 57.9 Å². The summed E-state index contributed by atoms with van der Waals surface area (Å²) in [4.78, 5) is 57.9. The lowest BCUT2D eigenvalue weighted by molar-refractivity contribution is -0.138. The van der Waals surface area contributed by atoms with Crippen molar-refractivity contribution in [2.45, 2.75) is 45.1 Å². The van der Waals surface area contributed by atoms with Gasteiger partial charge in [0.1, 0.15) is 17.5 Å². The number of benzene rings is 1. The molecule has 0 aliphatic carbocycles. The van der Waals surface area contributed by atoms with Crippen LogP contribution in [0, 0.1) is 0 Å². The second-order valence-electron chi connectivity index (χ2n) is 9.60. The normalized spacial score (nSPS) is 13.8. The summed E-state index contributed by atoms with van der Waals surface area (Å²) in [5.41, 5.74) is 1.23. The number of nitrogens with zero attached hydrogens (tertiary/aromatic N) is 3. The molecule has 1 aliphatic heterocycles. The van der Waals surface area contributed by atoms with E-state index in [4.69, 9.17) is 14.6 Å². The molecule has 1 aromatic carbocycles. The second-order valence-corrected chi connectivity index (χ2v) is 9.60. The lowest BCUT2D eigenvalue weighted by Crippen LogP contribution is -2.56. The van der Waals surface area contributed by atoms with Crippen LogP contribution in [0.1, 0.15) is 49.5 Å². The summed E-state index contributed by atoms with van der Waals surface area (Å²) >= 11 is 0. The van der Waals surface area contributed by atoms with Crippen molar-refractivity contribution in [3.63, 3.8) is 0 Å². The Bertz CT molecular complexity index is 1170. The topological polar surface area (TPSA) is 159 Å². The summed E-state index contributed by atoms with van der Waals surface area (Å²) in [7, 11) is 0. The van der Waals surface area contributed by atoms with Crippen molar-refractivity contribution in [2.24, 2.45) is 0 Å². The van der Waals surface area contributed by atoms with Crippen molar-refractivity contribution in [1.29, 1.82) is 0 Å². The number of aromatic nitrogens is 1. The fraction of sp³-hybridized carbons (Fsp3) is 0.483. The fourth-order valence-corrected chi connectivity index (χ4v) is 4.20. The summed E-state index contributed by atoms with van der Waals surface area (Å²) in [6, 6.07) is 11.2. The average molecular weight is 571 g/mol. The lowest BCUT2D eigenvalue weighted by atomic mass is 10.1. The molecule has 1 saturated heterocycles. The Hall–Kier alpha value is -4.19. The number of ether oxygens (including phenoxy) is 2. The van der Waals surface area contributed by atoms with Gasteiger partial charge < -0.3 is 34.8 Å². The third-order valence-corrected chi connectivity index (χ3v) is 6.50. The van der Waals surface area contributed by atoms with Crippen LogP contribution in [0.5, 0.6) is 5.75 Å². The number of aliphatic carboxylic acids is 1. The number of carboxylic acids is 1. The molecule has 0 spiro atoms. The summed E-state index contributed by atoms with van der Waals surface area (Å²) in [6.45, 7) is 3.51. The van der Waals surface area contributed by atoms with Crippen LogP contribution in [0.4, 0.5) is 4.79 Å². The van der Waals surface area contributed by atoms with Crippen LogP contribution in [0.2, 0.25) is 0 Å². The number of rotatable bonds is 14. The molecule has 0 saturated carbocycles. The highest BCUT2D eigenvalue weighted by Gasteiger charge is 2.31. The van der Waals surface area contributed by atoms with Crippen molar-refractivity contribution in [3.8, 4) is 17.0 Å². The Morgan fingerprint density at radius 2 is 1.71 bits per heavy atom. The van der Waals surface area contributed by atoms with Crippen LogP contribution in [0.3, 0.4) is 0 Å². The Morgan fingerprint density at radius 3 is 2.37 bits per heavy atom. The van der Waals surface area contributed by atoms with Gasteiger partial charge in [0.15, 0.2) is 0 Å². The number of piperazine rings is 1. The average Bonchev–Trinajstić information content (AvgIpc) is 2.99. The van der Waals surface area contributed by atoms with E-state index < -0.39 is 29.9 Å². The molecule has 1 aromatic heterocycles. The van der Waals surface area contributed by atoms with Gasteiger partial charge in [-0.15, -0.1) is 0 Å². The molecule has 3 amide bonds. The summed E-state index contributed by atoms with van der Waals surface area (Å²) in [6.07, 6.45) is 1.21. The second kappa shape index (κ2) is 16.2. The molecule has 0 unspecified atom stereocenters. The molecule has 2 aromatic rings. The minimum absolute atomic E-state index is 0.00174. The highest BCUT2D eigenvalue weighted by atomic mass is 16.6. The van der Waals surface area contributed by atoms with E-state index >= 15 is 0 Å². The first-order valence-corrected chi connectivity index (χ1v) is 13.9. The highest BCUT2D eigenvalue weighted by Crippen LogP contribution is 2.24. The van der Waals surface area contributed by atoms with Crippen LogP contribution in [-0.2, 0) is 14.3 Å². The molecule has 12 heteroatoms. The van der Waals surface area contributed by atoms with Gasteiger partial charge in [0.25, 0.3) is 5.91 Å². The first-order chi connectivity index (χ1) is 19.8. The SMILES string of the molecule is CCCCOC(=O)N1CCN(C(=O)[C@H](CCC(=O)O)NC(=O)c2cc(OCCCO)cc(-c3ccccc3)n2)CC1. The van der Waals surface area contributed by atoms with Crippen molar-refractivity contribution in [1.82, 2.24) is 20.1 Å². The minimum atomic E-state index is -1.11. The number of carboxylic acid groups (broad SMARTS) is 1. The van der Waals surface area contributed by atoms with Gasteiger partial charge in [-0.1, -0.05) is 43.7 Å². The monoisotopic (exact) mass is 570 g/mol. The van der Waals surface area contributed by atoms with E-state index in [0.717, 1.165) is 18.4 Å². The Labute approximate surface area is 239 Å². The summed E-state index contributed by atoms with van der Waals surface area (Å²) in [5.74, 6) is -1.82. The van der Waals surface area contributed by atoms with Crippen LogP contribution in [0.25, 0.3) is 11.3 Å². The van der Waals surface area contributed by atoms with Crippen molar-refractivity contribution >= 4 is 23.9 Å². The van der Waals surface area contributed by atoms with Gasteiger partial charge in [-0.3, -0.25) is 14.4 Å². The highest BCUT2D eigenvalue weighted by molar-refractivity contribution is 5.97. The largest absolute Gasteiger partial charge is 0.493 e. The molecule has 12 nitrogen and oxygen atoms in total. The molecule has 0 bridgehead atoms. The van der Waals surface area contributed by atoms with Crippen molar-refractivity contribution < 1.29 is 38.9 Å². The zero-order chi connectivity index (χ0) is 29.6. The zero-order valence-corrected chi connectivity index (χ0v) is 23.3. The van der Waals surface area contributed by atoms with Gasteiger partial charge in [-0.05, 0) is 12.8 Å². The third-order valence-electron chi connectivity index (χ3n) is 6.50. The van der Waals surface area contributed by atoms with E-state index in [9.17, 15) is 24.3 Å². The van der Waals surface area contributed by atoms with Crippen LogP contribution < -0.4 is 10.1 Å². The number of hydrogen-bond donors (Lipinski definition) is 3. The standard InChI is InChI=1S/C29H38N4O8/c1-2-3-17-41-29(39)33-14-12-32(13-15-33)28(38)23(10-11-26(35)36)31-27(37)25-20-22(40-18-7-16-34)19-24(30-25)21-8-5-4-6-9-21/h4-6,8-9,19-20,23,34H,2-3,7,10-18H2,1H3,(H,31,37)(H,35,36)/t23-/m0/s1. The maximum Gasteiger partial charge on any atom is 0.409 e. The predicted octanol–water partition coefficient (Wildman–Crippen LogP) is 2.55. The molecular formula is C29H38N4O8. The van der Waals surface area contributed by atoms with Crippen LogP contribution >= 0.6 is 0 Å². The number of aliphatic hydroxyl groups excluding tert-OH is 1. The first-order valence-electron chi connectivity index (χ1n) is 13.9. The molecule has 1 fully saturated rings. The molecule has 222 valence electrons. The maximum atomic E-state index is 13.4. The lowest BCUT2D eigenvalue weighted by Gasteiger charge is -2.36. The molecule has 2 heterocycles. The zero-order valence-electron chi connectivity index (χ0n) is 23.3. The van der Waals surface area contributed by atoms with E-state index in [1.165, 1.54) is 15.9 Å². The van der Waals surface area contributed by atoms with E-state index in [1.807, 2.05) is 37.3 Å². The number of amides is 3. The van der Waals surface area contributed by atoms with Gasteiger partial charge >= 0.3 is 12.1 Å². The Kier molecular flexibility index (Phi) is 12.4. The molecular weight excluding hydrogens is 532 g/mol. The van der Waals surface area contributed by atoms with Gasteiger partial charge in [0, 0.05) is 63.3 Å². The molecule has 1 atom stereocenters. The number of nitrogens with one attached hydrogen (secondary N) is 1. The number of hydrogen-bond acceptors (Lipinski definition) is 8. The van der Waals surface area contributed by atoms with Crippen LogP contribution in [0.15, 0.2) is 42.5 Å². The molecule has 1 aliphatic rings. The molecule has 3 N–H and O–H groups in total. The molecule has 0 radical (unpaired) electrons. The van der Waals surface area contributed by atoms with Gasteiger partial charge in [-0.2, -0.15) is 0 Å². The van der Waals surface area contributed by atoms with E-state index in [1.54, 1.807) is 6.07 Å². The number of pyridine rings is 1. The van der Waals surface area contributed by atoms with E-state index in [0.29, 0.717) is 24.5 Å². The van der Waals surface area contributed by atoms with Crippen molar-refractivity contribution in [2.75, 3.05) is 46.0 Å². The summed E-state index contributed by atoms with van der Waals surface area (Å²) in [5, 5.41) is 21.0. The number of unbranched alkanes of at least 4 members (excludes halogenated alkanes) is 1. The molecule has 3 rings (SSSR count). The maximum absolute atomic E-state index is 13.4. The number of carbonyl (C=O) groups excluding carboxylic acids is 3. The smallest absolute Gasteiger partial charge is 0.409 e. The van der Waals surface area contributed by atoms with Gasteiger partial charge in [-0.25, -0.2) is 9.78 Å². The number of carbonyl (C=O) groups is 4. The van der Waals surface area contributed by atoms with Crippen LogP contribution in [-0.4, -0.2) is 101 Å². The first kappa shape index (κ1) is 31.3. The Balaban J connectivity index is 1.74. The van der Waals surface area contributed by atoms with Crippen molar-refractivity contribution in [3.05, 3.63) is 48.2 Å². The Morgan fingerprint density at radius 1 is 1.00 bits per heavy atom. The van der Waals surface area contributed by atoms with Gasteiger partial charge in [0.05, 0.1) is 18.9 Å².